The number of benzene rings is 1. The van der Waals surface area contributed by atoms with Crippen LogP contribution < -0.4 is 11.1 Å². The van der Waals surface area contributed by atoms with E-state index in [1.54, 1.807) is 0 Å². The van der Waals surface area contributed by atoms with E-state index in [1.807, 2.05) is 5.32 Å². The zero-order valence-electron chi connectivity index (χ0n) is 11.8. The van der Waals surface area contributed by atoms with Gasteiger partial charge in [-0.1, -0.05) is 23.2 Å². The van der Waals surface area contributed by atoms with Gasteiger partial charge in [0, 0.05) is 10.0 Å². The van der Waals surface area contributed by atoms with Crippen LogP contribution in [0.5, 0.6) is 0 Å². The molecule has 0 aromatic heterocycles. The van der Waals surface area contributed by atoms with E-state index in [2.05, 4.69) is 0 Å². The molecule has 2 unspecified atom stereocenters. The van der Waals surface area contributed by atoms with Crippen LogP contribution in [0.25, 0.3) is 0 Å². The van der Waals surface area contributed by atoms with Crippen LogP contribution in [-0.2, 0) is 14.3 Å². The van der Waals surface area contributed by atoms with E-state index in [4.69, 9.17) is 33.7 Å². The number of primary amides is 1. The van der Waals surface area contributed by atoms with Gasteiger partial charge in [-0.2, -0.15) is 13.2 Å². The van der Waals surface area contributed by atoms with Gasteiger partial charge in [0.05, 0.1) is 6.54 Å². The molecule has 0 radical (unpaired) electrons. The third-order valence-electron chi connectivity index (χ3n) is 2.65. The van der Waals surface area contributed by atoms with Gasteiger partial charge in [0.15, 0.2) is 6.10 Å². The molecule has 1 rings (SSSR count). The number of carbonyl (C=O) groups is 2. The van der Waals surface area contributed by atoms with Crippen LogP contribution in [0.4, 0.5) is 13.2 Å². The largest absolute Gasteiger partial charge is 0.451 e. The fraction of sp³-hybridized carbons (Fsp3) is 0.385. The molecular formula is C13H13Cl2F3N2O3. The second-order valence-corrected chi connectivity index (χ2v) is 5.49. The lowest BCUT2D eigenvalue weighted by Crippen LogP contribution is -2.39. The Balaban J connectivity index is 3.05. The monoisotopic (exact) mass is 372 g/mol. The maximum Gasteiger partial charge on any atom is 0.401 e. The molecule has 1 aromatic rings. The predicted molar refractivity (Wildman–Crippen MR) is 78.0 cm³/mol. The number of nitrogens with one attached hydrogen (secondary N) is 1. The van der Waals surface area contributed by atoms with Gasteiger partial charge in [-0.3, -0.25) is 10.1 Å². The van der Waals surface area contributed by atoms with Crippen LogP contribution in [0.15, 0.2) is 18.2 Å². The second-order valence-electron chi connectivity index (χ2n) is 4.61. The van der Waals surface area contributed by atoms with Crippen molar-refractivity contribution in [3.8, 4) is 0 Å². The summed E-state index contributed by atoms with van der Waals surface area (Å²) in [6, 6.07) is 2.36. The van der Waals surface area contributed by atoms with Gasteiger partial charge in [0.25, 0.3) is 5.91 Å². The van der Waals surface area contributed by atoms with E-state index < -0.39 is 36.7 Å². The maximum absolute atomic E-state index is 12.4. The number of ether oxygens (including phenoxy) is 1. The van der Waals surface area contributed by atoms with E-state index in [9.17, 15) is 22.8 Å². The third kappa shape index (κ3) is 6.64. The lowest BCUT2D eigenvalue weighted by Gasteiger charge is -2.21. The Morgan fingerprint density at radius 2 is 1.78 bits per heavy atom. The van der Waals surface area contributed by atoms with Crippen LogP contribution in [0.2, 0.25) is 10.0 Å². The Labute approximate surface area is 139 Å². The fourth-order valence-corrected chi connectivity index (χ4v) is 2.14. The molecule has 5 nitrogen and oxygen atoms in total. The Kier molecular flexibility index (Phi) is 6.67. The topological polar surface area (TPSA) is 81.4 Å². The number of carbonyl (C=O) groups excluding carboxylic acids is 2. The zero-order chi connectivity index (χ0) is 17.8. The van der Waals surface area contributed by atoms with E-state index in [1.165, 1.54) is 25.1 Å². The van der Waals surface area contributed by atoms with Crippen LogP contribution >= 0.6 is 23.2 Å². The minimum atomic E-state index is -4.56. The standard InChI is InChI=1S/C13H13Cl2F3N2O3/c1-6(11(19)21)23-12(22)10(20-5-13(16,17)18)7-2-8(14)4-9(15)3-7/h2-4,6,10,20H,5H2,1H3,(H2,19,21). The minimum Gasteiger partial charge on any atom is -0.451 e. The number of alkyl halides is 3. The molecule has 1 amide bonds. The number of halogens is 5. The van der Waals surface area contributed by atoms with Crippen LogP contribution in [0, 0.1) is 0 Å². The molecule has 3 N–H and O–H groups in total. The molecule has 0 aliphatic rings. The van der Waals surface area contributed by atoms with Crippen LogP contribution in [-0.4, -0.2) is 30.7 Å². The summed E-state index contributed by atoms with van der Waals surface area (Å²) >= 11 is 11.6. The maximum atomic E-state index is 12.4. The van der Waals surface area contributed by atoms with E-state index in [0.29, 0.717) is 0 Å². The Morgan fingerprint density at radius 3 is 2.22 bits per heavy atom. The summed E-state index contributed by atoms with van der Waals surface area (Å²) in [5.74, 6) is -2.05. The SMILES string of the molecule is CC(OC(=O)C(NCC(F)(F)F)c1cc(Cl)cc(Cl)c1)C(N)=O. The number of esters is 1. The van der Waals surface area contributed by atoms with Crippen LogP contribution in [0.3, 0.4) is 0 Å². The first kappa shape index (κ1) is 19.5. The van der Waals surface area contributed by atoms with Gasteiger partial charge < -0.3 is 10.5 Å². The molecule has 0 heterocycles. The molecule has 0 aliphatic heterocycles. The smallest absolute Gasteiger partial charge is 0.401 e. The third-order valence-corrected chi connectivity index (χ3v) is 3.09. The number of hydrogen-bond acceptors (Lipinski definition) is 4. The second kappa shape index (κ2) is 7.85. The van der Waals surface area contributed by atoms with Crippen molar-refractivity contribution in [2.45, 2.75) is 25.2 Å². The molecular weight excluding hydrogens is 360 g/mol. The van der Waals surface area contributed by atoms with E-state index >= 15 is 0 Å². The van der Waals surface area contributed by atoms with E-state index in [-0.39, 0.29) is 15.6 Å². The van der Waals surface area contributed by atoms with Gasteiger partial charge in [-0.25, -0.2) is 4.79 Å². The van der Waals surface area contributed by atoms with Crippen molar-refractivity contribution >= 4 is 35.1 Å². The molecule has 128 valence electrons. The summed E-state index contributed by atoms with van der Waals surface area (Å²) in [5.41, 5.74) is 5.02. The first-order chi connectivity index (χ1) is 10.5. The zero-order valence-corrected chi connectivity index (χ0v) is 13.3. The highest BCUT2D eigenvalue weighted by molar-refractivity contribution is 6.34. The number of hydrogen-bond donors (Lipinski definition) is 2. The lowest BCUT2D eigenvalue weighted by atomic mass is 10.1. The van der Waals surface area contributed by atoms with Gasteiger partial charge in [0.1, 0.15) is 6.04 Å². The first-order valence-electron chi connectivity index (χ1n) is 6.25. The molecule has 0 saturated heterocycles. The van der Waals surface area contributed by atoms with Crippen molar-refractivity contribution < 1.29 is 27.5 Å². The number of amides is 1. The highest BCUT2D eigenvalue weighted by atomic mass is 35.5. The highest BCUT2D eigenvalue weighted by Crippen LogP contribution is 2.25. The van der Waals surface area contributed by atoms with E-state index in [0.717, 1.165) is 0 Å². The van der Waals surface area contributed by atoms with Crippen molar-refractivity contribution in [1.82, 2.24) is 5.32 Å². The van der Waals surface area contributed by atoms with Gasteiger partial charge >= 0.3 is 12.1 Å². The molecule has 0 aliphatic carbocycles. The summed E-state index contributed by atoms with van der Waals surface area (Å²) in [4.78, 5) is 23.0. The van der Waals surface area contributed by atoms with Crippen molar-refractivity contribution in [2.24, 2.45) is 5.73 Å². The van der Waals surface area contributed by atoms with Gasteiger partial charge in [-0.05, 0) is 30.7 Å². The quantitative estimate of drug-likeness (QED) is 0.752. The first-order valence-corrected chi connectivity index (χ1v) is 7.01. The predicted octanol–water partition coefficient (Wildman–Crippen LogP) is 2.60. The molecule has 0 fully saturated rings. The Bertz CT molecular complexity index is 576. The summed E-state index contributed by atoms with van der Waals surface area (Å²) in [6.45, 7) is -0.256. The molecule has 10 heteroatoms. The molecule has 2 atom stereocenters. The highest BCUT2D eigenvalue weighted by Gasteiger charge is 2.32. The average Bonchev–Trinajstić information content (AvgIpc) is 2.35. The Hall–Kier alpha value is -1.51. The minimum absolute atomic E-state index is 0.0634. The summed E-state index contributed by atoms with van der Waals surface area (Å²) in [6.07, 6.45) is -5.86. The number of nitrogens with two attached hydrogens (primary N) is 1. The summed E-state index contributed by atoms with van der Waals surface area (Å²) < 4.78 is 42.0. The summed E-state index contributed by atoms with van der Waals surface area (Å²) in [7, 11) is 0. The van der Waals surface area contributed by atoms with Crippen molar-refractivity contribution in [3.05, 3.63) is 33.8 Å². The molecule has 0 bridgehead atoms. The Morgan fingerprint density at radius 1 is 1.26 bits per heavy atom. The van der Waals surface area contributed by atoms with Gasteiger partial charge in [0.2, 0.25) is 0 Å². The average molecular weight is 373 g/mol. The van der Waals surface area contributed by atoms with Crippen molar-refractivity contribution in [3.63, 3.8) is 0 Å². The van der Waals surface area contributed by atoms with Gasteiger partial charge in [-0.15, -0.1) is 0 Å². The molecule has 23 heavy (non-hydrogen) atoms. The lowest BCUT2D eigenvalue weighted by molar-refractivity contribution is -0.158. The summed E-state index contributed by atoms with van der Waals surface area (Å²) in [5, 5.41) is 2.26. The number of rotatable bonds is 6. The molecule has 0 spiro atoms. The molecule has 1 aromatic carbocycles. The van der Waals surface area contributed by atoms with Crippen LogP contribution in [0.1, 0.15) is 18.5 Å². The van der Waals surface area contributed by atoms with Crippen molar-refractivity contribution in [2.75, 3.05) is 6.54 Å². The normalized spacial score (nSPS) is 14.2. The molecule has 0 saturated carbocycles. The van der Waals surface area contributed by atoms with Crippen molar-refractivity contribution in [1.29, 1.82) is 0 Å². The fourth-order valence-electron chi connectivity index (χ4n) is 1.60.